The number of hydrogen-bond acceptors (Lipinski definition) is 4. The van der Waals surface area contributed by atoms with Gasteiger partial charge in [-0.15, -0.1) is 0 Å². The van der Waals surface area contributed by atoms with Crippen LogP contribution >= 0.6 is 34.8 Å². The number of likely N-dealkylation sites (N-methyl/N-ethyl adjacent to an activating group) is 1. The van der Waals surface area contributed by atoms with Gasteiger partial charge in [-0.05, 0) is 18.9 Å². The molecule has 2 heterocycles. The minimum absolute atomic E-state index is 0.0569. The quantitative estimate of drug-likeness (QED) is 0.710. The average Bonchev–Trinajstić information content (AvgIpc) is 2.99. The molecule has 1 atom stereocenters. The van der Waals surface area contributed by atoms with E-state index in [-0.39, 0.29) is 32.1 Å². The number of carbonyl (C=O) groups excluding carboxylic acids is 2. The van der Waals surface area contributed by atoms with Gasteiger partial charge in [0.05, 0.1) is 10.6 Å². The molecule has 0 radical (unpaired) electrons. The summed E-state index contributed by atoms with van der Waals surface area (Å²) in [5.74, 6) is -1.04. The maximum atomic E-state index is 13.1. The lowest BCUT2D eigenvalue weighted by atomic mass is 9.98. The Hall–Kier alpha value is -1.43. The zero-order valence-electron chi connectivity index (χ0n) is 14.4. The largest absolute Gasteiger partial charge is 0.506 e. The highest BCUT2D eigenvalue weighted by Gasteiger charge is 2.61. The molecule has 1 amide bonds. The third-order valence-electron chi connectivity index (χ3n) is 4.84. The minimum Gasteiger partial charge on any atom is -0.506 e. The molecule has 1 aromatic rings. The molecular formula is C18H18Cl3NO4. The Morgan fingerprint density at radius 1 is 1.19 bits per heavy atom. The van der Waals surface area contributed by atoms with Crippen molar-refractivity contribution in [2.24, 2.45) is 0 Å². The Balaban J connectivity index is 2.06. The highest BCUT2D eigenvalue weighted by molar-refractivity contribution is 6.51. The van der Waals surface area contributed by atoms with Crippen LogP contribution < -0.4 is 4.74 Å². The van der Waals surface area contributed by atoms with Crippen molar-refractivity contribution < 1.29 is 19.4 Å². The van der Waals surface area contributed by atoms with Gasteiger partial charge in [0.2, 0.25) is 5.78 Å². The second-order valence-electron chi connectivity index (χ2n) is 6.44. The van der Waals surface area contributed by atoms with Gasteiger partial charge in [-0.1, -0.05) is 61.0 Å². The molecule has 1 aromatic carbocycles. The Morgan fingerprint density at radius 3 is 2.46 bits per heavy atom. The standard InChI is InChI=1S/C18H18Cl3NO4/c1-3-4-5-6-7-9-13(23)11(19)8-10-14(9)26-18(16(10)24)15(21)12(20)17(25)22(18)2/h8,23H,3-7H2,1-2H3/t18-/m0/s1. The third-order valence-corrected chi connectivity index (χ3v) is 6.02. The maximum Gasteiger partial charge on any atom is 0.287 e. The van der Waals surface area contributed by atoms with E-state index in [4.69, 9.17) is 39.5 Å². The van der Waals surface area contributed by atoms with Gasteiger partial charge >= 0.3 is 0 Å². The summed E-state index contributed by atoms with van der Waals surface area (Å²) in [6, 6.07) is 1.34. The second kappa shape index (κ2) is 6.95. The van der Waals surface area contributed by atoms with E-state index in [1.165, 1.54) is 13.1 Å². The van der Waals surface area contributed by atoms with E-state index < -0.39 is 17.4 Å². The first-order valence-electron chi connectivity index (χ1n) is 8.39. The predicted molar refractivity (Wildman–Crippen MR) is 100 cm³/mol. The van der Waals surface area contributed by atoms with Crippen molar-refractivity contribution in [1.29, 1.82) is 0 Å². The van der Waals surface area contributed by atoms with E-state index in [1.807, 2.05) is 0 Å². The number of nitrogens with zero attached hydrogens (tertiary/aromatic N) is 1. The summed E-state index contributed by atoms with van der Waals surface area (Å²) >= 11 is 18.3. The number of carbonyl (C=O) groups is 2. The van der Waals surface area contributed by atoms with Crippen LogP contribution in [0.15, 0.2) is 16.1 Å². The number of aromatic hydroxyl groups is 1. The number of benzene rings is 1. The van der Waals surface area contributed by atoms with Crippen LogP contribution in [-0.2, 0) is 11.2 Å². The molecule has 0 aliphatic carbocycles. The van der Waals surface area contributed by atoms with Crippen molar-refractivity contribution >= 4 is 46.5 Å². The van der Waals surface area contributed by atoms with Gasteiger partial charge < -0.3 is 9.84 Å². The topological polar surface area (TPSA) is 66.8 Å². The van der Waals surface area contributed by atoms with Crippen molar-refractivity contribution in [2.45, 2.75) is 44.8 Å². The molecule has 0 saturated carbocycles. The van der Waals surface area contributed by atoms with Gasteiger partial charge in [-0.25, -0.2) is 0 Å². The molecule has 26 heavy (non-hydrogen) atoms. The SMILES string of the molecule is CCCCCCc1c(O)c(Cl)cc2c1O[C@]1(C2=O)C(Cl)=C(Cl)C(=O)N1C. The van der Waals surface area contributed by atoms with Crippen LogP contribution in [0, 0.1) is 0 Å². The first-order valence-corrected chi connectivity index (χ1v) is 9.52. The van der Waals surface area contributed by atoms with E-state index in [2.05, 4.69) is 6.92 Å². The molecule has 140 valence electrons. The highest BCUT2D eigenvalue weighted by Crippen LogP contribution is 2.52. The number of hydrogen-bond donors (Lipinski definition) is 1. The molecule has 2 aliphatic heterocycles. The molecule has 1 N–H and O–H groups in total. The third kappa shape index (κ3) is 2.60. The molecule has 1 spiro atoms. The van der Waals surface area contributed by atoms with Gasteiger partial charge in [0, 0.05) is 12.6 Å². The van der Waals surface area contributed by atoms with Crippen molar-refractivity contribution in [3.05, 3.63) is 32.3 Å². The summed E-state index contributed by atoms with van der Waals surface area (Å²) < 4.78 is 5.92. The Labute approximate surface area is 166 Å². The Kier molecular flexibility index (Phi) is 5.17. The normalized spacial score (nSPS) is 21.8. The second-order valence-corrected chi connectivity index (χ2v) is 7.60. The van der Waals surface area contributed by atoms with Crippen LogP contribution in [0.25, 0.3) is 0 Å². The summed E-state index contributed by atoms with van der Waals surface area (Å²) in [5.41, 5.74) is -1.20. The molecule has 8 heteroatoms. The van der Waals surface area contributed by atoms with E-state index in [9.17, 15) is 14.7 Å². The van der Waals surface area contributed by atoms with E-state index >= 15 is 0 Å². The number of amides is 1. The minimum atomic E-state index is -1.83. The van der Waals surface area contributed by atoms with Gasteiger partial charge in [-0.3, -0.25) is 14.5 Å². The molecule has 3 rings (SSSR count). The molecule has 0 fully saturated rings. The van der Waals surface area contributed by atoms with Crippen LogP contribution in [0.5, 0.6) is 11.5 Å². The van der Waals surface area contributed by atoms with Gasteiger partial charge in [0.1, 0.15) is 21.6 Å². The fourth-order valence-corrected chi connectivity index (χ4v) is 4.15. The summed E-state index contributed by atoms with van der Waals surface area (Å²) in [6.07, 6.45) is 4.40. The number of ketones is 1. The number of fused-ring (bicyclic) bond motifs is 1. The zero-order valence-corrected chi connectivity index (χ0v) is 16.6. The lowest BCUT2D eigenvalue weighted by Crippen LogP contribution is -2.53. The van der Waals surface area contributed by atoms with Crippen molar-refractivity contribution in [2.75, 3.05) is 7.05 Å². The Bertz CT molecular complexity index is 836. The first kappa shape index (κ1) is 19.3. The van der Waals surface area contributed by atoms with Crippen LogP contribution in [-0.4, -0.2) is 34.5 Å². The fraction of sp³-hybridized carbons (Fsp3) is 0.444. The van der Waals surface area contributed by atoms with Crippen molar-refractivity contribution in [3.8, 4) is 11.5 Å². The predicted octanol–water partition coefficient (Wildman–Crippen LogP) is 4.60. The smallest absolute Gasteiger partial charge is 0.287 e. The van der Waals surface area contributed by atoms with Crippen LogP contribution in [0.4, 0.5) is 0 Å². The molecule has 5 nitrogen and oxygen atoms in total. The number of unbranched alkanes of at least 4 members (excludes halogenated alkanes) is 3. The fourth-order valence-electron chi connectivity index (χ4n) is 3.34. The van der Waals surface area contributed by atoms with Gasteiger partial charge in [0.15, 0.2) is 0 Å². The Morgan fingerprint density at radius 2 is 1.88 bits per heavy atom. The lowest BCUT2D eigenvalue weighted by Gasteiger charge is -2.30. The number of halogens is 3. The molecule has 0 aromatic heterocycles. The molecule has 0 saturated heterocycles. The van der Waals surface area contributed by atoms with Crippen LogP contribution in [0.1, 0.15) is 48.5 Å². The van der Waals surface area contributed by atoms with E-state index in [1.54, 1.807) is 0 Å². The zero-order chi connectivity index (χ0) is 19.2. The molecule has 2 aliphatic rings. The molecule has 0 bridgehead atoms. The number of rotatable bonds is 5. The summed E-state index contributed by atoms with van der Waals surface area (Å²) in [4.78, 5) is 26.3. The highest BCUT2D eigenvalue weighted by atomic mass is 35.5. The summed E-state index contributed by atoms with van der Waals surface area (Å²) in [5, 5.41) is 10.0. The maximum absolute atomic E-state index is 13.1. The first-order chi connectivity index (χ1) is 12.3. The average molecular weight is 419 g/mol. The van der Waals surface area contributed by atoms with Gasteiger partial charge in [0.25, 0.3) is 11.6 Å². The number of phenolic OH excluding ortho intramolecular Hbond substituents is 1. The summed E-state index contributed by atoms with van der Waals surface area (Å²) in [7, 11) is 1.40. The monoisotopic (exact) mass is 417 g/mol. The van der Waals surface area contributed by atoms with Crippen molar-refractivity contribution in [1.82, 2.24) is 4.90 Å². The van der Waals surface area contributed by atoms with E-state index in [0.717, 1.165) is 30.6 Å². The number of phenols is 1. The van der Waals surface area contributed by atoms with E-state index in [0.29, 0.717) is 12.0 Å². The van der Waals surface area contributed by atoms with Gasteiger partial charge in [-0.2, -0.15) is 0 Å². The lowest BCUT2D eigenvalue weighted by molar-refractivity contribution is -0.131. The van der Waals surface area contributed by atoms with Crippen molar-refractivity contribution in [3.63, 3.8) is 0 Å². The summed E-state index contributed by atoms with van der Waals surface area (Å²) in [6.45, 7) is 2.10. The number of ether oxygens (including phenoxy) is 1. The van der Waals surface area contributed by atoms with Crippen LogP contribution in [0.2, 0.25) is 5.02 Å². The number of Topliss-reactive ketones (excluding diaryl/α,β-unsaturated/α-hetero) is 1. The molecular weight excluding hydrogens is 401 g/mol. The molecule has 0 unspecified atom stereocenters. The van der Waals surface area contributed by atoms with Crippen LogP contribution in [0.3, 0.4) is 0 Å².